The van der Waals surface area contributed by atoms with Crippen LogP contribution < -0.4 is 4.74 Å². The van der Waals surface area contributed by atoms with Gasteiger partial charge in [-0.2, -0.15) is 4.99 Å². The minimum absolute atomic E-state index is 0.276. The highest BCUT2D eigenvalue weighted by atomic mass is 19.1. The molecule has 0 saturated carbocycles. The molecular weight excluding hydrogens is 293 g/mol. The number of para-hydroxylation sites is 1. The molecule has 1 unspecified atom stereocenters. The van der Waals surface area contributed by atoms with Crippen LogP contribution in [0.1, 0.15) is 32.3 Å². The Morgan fingerprint density at radius 2 is 2.22 bits per heavy atom. The fourth-order valence-corrected chi connectivity index (χ4v) is 1.81. The first kappa shape index (κ1) is 18.6. The van der Waals surface area contributed by atoms with E-state index < -0.39 is 5.83 Å². The van der Waals surface area contributed by atoms with E-state index >= 15 is 0 Å². The molecule has 0 amide bonds. The van der Waals surface area contributed by atoms with Crippen LogP contribution >= 0.6 is 0 Å². The second kappa shape index (κ2) is 10.3. The van der Waals surface area contributed by atoms with Gasteiger partial charge in [0.2, 0.25) is 6.08 Å². The zero-order chi connectivity index (χ0) is 17.1. The van der Waals surface area contributed by atoms with Gasteiger partial charge in [0.1, 0.15) is 11.6 Å². The average molecular weight is 315 g/mol. The molecule has 1 aromatic carbocycles. The number of benzene rings is 1. The topological polar surface area (TPSA) is 38.7 Å². The average Bonchev–Trinajstić information content (AvgIpc) is 2.54. The van der Waals surface area contributed by atoms with E-state index in [1.807, 2.05) is 12.2 Å². The minimum atomic E-state index is -0.543. The molecule has 0 aliphatic heterocycles. The van der Waals surface area contributed by atoms with Gasteiger partial charge in [0, 0.05) is 6.42 Å². The van der Waals surface area contributed by atoms with Crippen LogP contribution in [0.5, 0.6) is 5.75 Å². The standard InChI is InChI=1S/C19H22FNO2/c1-4-15(2)8-7-9-17(21-14-22)12-13-23-19-11-6-5-10-18(19)16(3)20/h5-11,15H,3-4,12-13H2,1-2H3/b8-7-,17-9+. The number of halogens is 1. The Kier molecular flexibility index (Phi) is 8.33. The molecule has 0 aliphatic rings. The van der Waals surface area contributed by atoms with Crippen molar-refractivity contribution in [2.75, 3.05) is 6.61 Å². The van der Waals surface area contributed by atoms with E-state index in [9.17, 15) is 9.18 Å². The number of rotatable bonds is 9. The van der Waals surface area contributed by atoms with Gasteiger partial charge in [-0.15, -0.1) is 0 Å². The molecule has 0 heterocycles. The predicted molar refractivity (Wildman–Crippen MR) is 91.5 cm³/mol. The number of hydrogen-bond donors (Lipinski definition) is 0. The van der Waals surface area contributed by atoms with Crippen molar-refractivity contribution in [2.24, 2.45) is 10.9 Å². The lowest BCUT2D eigenvalue weighted by Gasteiger charge is -2.09. The molecule has 0 fully saturated rings. The Hall–Kier alpha value is -2.45. The number of allylic oxidation sites excluding steroid dienone is 3. The fourth-order valence-electron chi connectivity index (χ4n) is 1.81. The lowest BCUT2D eigenvalue weighted by molar-refractivity contribution is 0.319. The van der Waals surface area contributed by atoms with Gasteiger partial charge in [-0.3, -0.25) is 0 Å². The second-order valence-corrected chi connectivity index (χ2v) is 5.13. The molecule has 0 saturated heterocycles. The van der Waals surface area contributed by atoms with Crippen molar-refractivity contribution in [1.29, 1.82) is 0 Å². The summed E-state index contributed by atoms with van der Waals surface area (Å²) in [5, 5.41) is 0. The monoisotopic (exact) mass is 315 g/mol. The first-order chi connectivity index (χ1) is 11.1. The number of hydrogen-bond acceptors (Lipinski definition) is 3. The van der Waals surface area contributed by atoms with Crippen molar-refractivity contribution < 1.29 is 13.9 Å². The SMILES string of the molecule is C=C(F)c1ccccc1OCC/C(=C\C=C/C(C)CC)N=C=O. The third-order valence-electron chi connectivity index (χ3n) is 3.36. The van der Waals surface area contributed by atoms with Gasteiger partial charge in [-0.1, -0.05) is 51.1 Å². The maximum Gasteiger partial charge on any atom is 0.240 e. The summed E-state index contributed by atoms with van der Waals surface area (Å²) in [6.07, 6.45) is 8.70. The molecule has 0 aromatic heterocycles. The van der Waals surface area contributed by atoms with E-state index in [0.29, 0.717) is 29.3 Å². The fraction of sp³-hybridized carbons (Fsp3) is 0.316. The third kappa shape index (κ3) is 6.90. The maximum absolute atomic E-state index is 13.3. The molecule has 0 radical (unpaired) electrons. The van der Waals surface area contributed by atoms with Crippen molar-refractivity contribution in [2.45, 2.75) is 26.7 Å². The number of isocyanates is 1. The summed E-state index contributed by atoms with van der Waals surface area (Å²) in [5.74, 6) is 0.342. The van der Waals surface area contributed by atoms with Gasteiger partial charge in [0.15, 0.2) is 0 Å². The Balaban J connectivity index is 2.67. The minimum Gasteiger partial charge on any atom is -0.492 e. The zero-order valence-electron chi connectivity index (χ0n) is 13.6. The molecule has 0 spiro atoms. The van der Waals surface area contributed by atoms with Crippen LogP contribution in [-0.4, -0.2) is 12.7 Å². The van der Waals surface area contributed by atoms with Crippen molar-refractivity contribution in [1.82, 2.24) is 0 Å². The van der Waals surface area contributed by atoms with Gasteiger partial charge in [-0.05, 0) is 24.1 Å². The summed E-state index contributed by atoms with van der Waals surface area (Å²) in [6.45, 7) is 7.78. The highest BCUT2D eigenvalue weighted by Crippen LogP contribution is 2.25. The molecular formula is C19H22FNO2. The second-order valence-electron chi connectivity index (χ2n) is 5.13. The summed E-state index contributed by atoms with van der Waals surface area (Å²) in [7, 11) is 0. The molecule has 0 N–H and O–H groups in total. The summed E-state index contributed by atoms with van der Waals surface area (Å²) >= 11 is 0. The van der Waals surface area contributed by atoms with Crippen LogP contribution in [0.25, 0.3) is 5.83 Å². The molecule has 1 aromatic rings. The Morgan fingerprint density at radius 1 is 1.48 bits per heavy atom. The highest BCUT2D eigenvalue weighted by Gasteiger charge is 2.06. The van der Waals surface area contributed by atoms with Gasteiger partial charge in [-0.25, -0.2) is 9.18 Å². The van der Waals surface area contributed by atoms with Crippen LogP contribution in [0.2, 0.25) is 0 Å². The van der Waals surface area contributed by atoms with Crippen molar-refractivity contribution in [3.8, 4) is 5.75 Å². The summed E-state index contributed by atoms with van der Waals surface area (Å²) in [5.41, 5.74) is 0.893. The molecule has 4 heteroatoms. The molecule has 23 heavy (non-hydrogen) atoms. The normalized spacial score (nSPS) is 12.7. The highest BCUT2D eigenvalue weighted by molar-refractivity contribution is 5.63. The van der Waals surface area contributed by atoms with E-state index in [-0.39, 0.29) is 6.61 Å². The van der Waals surface area contributed by atoms with Crippen LogP contribution in [-0.2, 0) is 4.79 Å². The number of nitrogens with zero attached hydrogens (tertiary/aromatic N) is 1. The zero-order valence-corrected chi connectivity index (χ0v) is 13.6. The van der Waals surface area contributed by atoms with Crippen LogP contribution in [0.15, 0.2) is 59.8 Å². The number of ether oxygens (including phenoxy) is 1. The predicted octanol–water partition coefficient (Wildman–Crippen LogP) is 5.22. The molecule has 0 aliphatic carbocycles. The first-order valence-electron chi connectivity index (χ1n) is 7.60. The summed E-state index contributed by atoms with van der Waals surface area (Å²) in [6, 6.07) is 6.76. The number of aliphatic imine (C=N–C) groups is 1. The first-order valence-corrected chi connectivity index (χ1v) is 7.60. The van der Waals surface area contributed by atoms with Gasteiger partial charge < -0.3 is 4.74 Å². The van der Waals surface area contributed by atoms with Gasteiger partial charge >= 0.3 is 0 Å². The Labute approximate surface area is 136 Å². The van der Waals surface area contributed by atoms with Crippen molar-refractivity contribution >= 4 is 11.9 Å². The Bertz CT molecular complexity index is 628. The van der Waals surface area contributed by atoms with E-state index in [1.165, 1.54) is 0 Å². The summed E-state index contributed by atoms with van der Waals surface area (Å²) < 4.78 is 18.9. The Morgan fingerprint density at radius 3 is 2.87 bits per heavy atom. The molecule has 1 atom stereocenters. The van der Waals surface area contributed by atoms with Gasteiger partial charge in [0.25, 0.3) is 0 Å². The van der Waals surface area contributed by atoms with Crippen LogP contribution in [0, 0.1) is 5.92 Å². The van der Waals surface area contributed by atoms with Crippen molar-refractivity contribution in [3.05, 3.63) is 60.3 Å². The van der Waals surface area contributed by atoms with Crippen LogP contribution in [0.4, 0.5) is 4.39 Å². The number of carbonyl (C=O) groups excluding carboxylic acids is 1. The van der Waals surface area contributed by atoms with E-state index in [1.54, 1.807) is 36.4 Å². The smallest absolute Gasteiger partial charge is 0.240 e. The van der Waals surface area contributed by atoms with Crippen LogP contribution in [0.3, 0.4) is 0 Å². The molecule has 1 rings (SSSR count). The lowest BCUT2D eigenvalue weighted by Crippen LogP contribution is -2.00. The molecule has 3 nitrogen and oxygen atoms in total. The largest absolute Gasteiger partial charge is 0.492 e. The van der Waals surface area contributed by atoms with E-state index in [2.05, 4.69) is 25.4 Å². The summed E-state index contributed by atoms with van der Waals surface area (Å²) in [4.78, 5) is 14.2. The molecule has 122 valence electrons. The third-order valence-corrected chi connectivity index (χ3v) is 3.36. The van der Waals surface area contributed by atoms with Gasteiger partial charge in [0.05, 0.1) is 17.9 Å². The maximum atomic E-state index is 13.3. The van der Waals surface area contributed by atoms with Crippen molar-refractivity contribution in [3.63, 3.8) is 0 Å². The van der Waals surface area contributed by atoms with E-state index in [4.69, 9.17) is 4.74 Å². The molecule has 0 bridgehead atoms. The quantitative estimate of drug-likeness (QED) is 0.356. The lowest BCUT2D eigenvalue weighted by atomic mass is 10.1. The van der Waals surface area contributed by atoms with E-state index in [0.717, 1.165) is 6.42 Å².